The standard InChI is InChI=1S/C28H24FN5O3/c1-36-20-9-10-21-23(17-20)30-15-12-24(21)37-25-11-8-19(16-22(25)29)33-27-26(31-13-5-14-32-27)28(35)34-18-6-3-2-4-7-18/h2-4,6-12,14-17,31,33H,5,13H2,1H3,(H,34,35). The number of benzene rings is 3. The second-order valence-corrected chi connectivity index (χ2v) is 8.14. The van der Waals surface area contributed by atoms with E-state index in [9.17, 15) is 4.79 Å². The number of anilines is 2. The number of carbonyl (C=O) groups excluding carboxylic acids is 1. The molecule has 3 N–H and O–H groups in total. The number of fused-ring (bicyclic) bond motifs is 1. The lowest BCUT2D eigenvalue weighted by molar-refractivity contribution is -0.113. The molecule has 1 aromatic heterocycles. The van der Waals surface area contributed by atoms with Crippen molar-refractivity contribution in [2.45, 2.75) is 6.42 Å². The Morgan fingerprint density at radius 2 is 1.86 bits per heavy atom. The molecule has 1 aliphatic heterocycles. The molecule has 2 heterocycles. The van der Waals surface area contributed by atoms with Gasteiger partial charge in [-0.2, -0.15) is 0 Å². The Morgan fingerprint density at radius 3 is 2.68 bits per heavy atom. The van der Waals surface area contributed by atoms with Crippen LogP contribution < -0.4 is 25.4 Å². The van der Waals surface area contributed by atoms with Gasteiger partial charge in [-0.1, -0.05) is 18.2 Å². The van der Waals surface area contributed by atoms with Crippen molar-refractivity contribution in [1.82, 2.24) is 10.3 Å². The Balaban J connectivity index is 1.38. The summed E-state index contributed by atoms with van der Waals surface area (Å²) in [6, 6.07) is 20.7. The van der Waals surface area contributed by atoms with E-state index < -0.39 is 5.82 Å². The summed E-state index contributed by atoms with van der Waals surface area (Å²) in [4.78, 5) is 21.6. The van der Waals surface area contributed by atoms with Gasteiger partial charge in [0.2, 0.25) is 0 Å². The van der Waals surface area contributed by atoms with Crippen LogP contribution >= 0.6 is 0 Å². The third-order valence-corrected chi connectivity index (χ3v) is 5.62. The van der Waals surface area contributed by atoms with Gasteiger partial charge in [-0.3, -0.25) is 9.78 Å². The first-order valence-electron chi connectivity index (χ1n) is 11.6. The molecule has 0 atom stereocenters. The van der Waals surface area contributed by atoms with E-state index in [-0.39, 0.29) is 23.2 Å². The van der Waals surface area contributed by atoms with Crippen molar-refractivity contribution >= 4 is 34.4 Å². The molecule has 8 nitrogen and oxygen atoms in total. The number of methoxy groups -OCH3 is 1. The van der Waals surface area contributed by atoms with Gasteiger partial charge < -0.3 is 25.4 Å². The Kier molecular flexibility index (Phi) is 6.93. The fraction of sp³-hybridized carbons (Fsp3) is 0.107. The monoisotopic (exact) mass is 497 g/mol. The van der Waals surface area contributed by atoms with E-state index >= 15 is 4.39 Å². The zero-order chi connectivity index (χ0) is 25.6. The number of nitrogens with one attached hydrogen (secondary N) is 3. The molecule has 1 amide bonds. The van der Waals surface area contributed by atoms with Crippen molar-refractivity contribution in [2.24, 2.45) is 4.99 Å². The van der Waals surface area contributed by atoms with Crippen LogP contribution in [0.3, 0.4) is 0 Å². The van der Waals surface area contributed by atoms with Crippen LogP contribution in [0.2, 0.25) is 0 Å². The number of ether oxygens (including phenoxy) is 2. The second kappa shape index (κ2) is 10.8. The van der Waals surface area contributed by atoms with E-state index in [0.717, 1.165) is 5.39 Å². The van der Waals surface area contributed by atoms with Crippen LogP contribution in [0.1, 0.15) is 6.42 Å². The molecule has 0 saturated heterocycles. The molecule has 0 fully saturated rings. The average Bonchev–Trinajstić information content (AvgIpc) is 3.16. The average molecular weight is 498 g/mol. The molecule has 37 heavy (non-hydrogen) atoms. The largest absolute Gasteiger partial charge is 0.497 e. The van der Waals surface area contributed by atoms with E-state index in [2.05, 4.69) is 25.9 Å². The number of aromatic nitrogens is 1. The maximum atomic E-state index is 15.1. The number of hydrogen-bond donors (Lipinski definition) is 3. The van der Waals surface area contributed by atoms with Crippen LogP contribution in [0.5, 0.6) is 17.2 Å². The Bertz CT molecular complexity index is 1500. The lowest BCUT2D eigenvalue weighted by Gasteiger charge is -2.15. The van der Waals surface area contributed by atoms with Crippen molar-refractivity contribution in [3.63, 3.8) is 0 Å². The molecule has 3 aromatic carbocycles. The number of amides is 1. The number of rotatable bonds is 7. The van der Waals surface area contributed by atoms with Gasteiger partial charge in [0.25, 0.3) is 5.91 Å². The number of nitrogens with zero attached hydrogens (tertiary/aromatic N) is 2. The lowest BCUT2D eigenvalue weighted by atomic mass is 10.2. The van der Waals surface area contributed by atoms with Gasteiger partial charge in [0.05, 0.1) is 12.6 Å². The summed E-state index contributed by atoms with van der Waals surface area (Å²) in [7, 11) is 1.58. The third-order valence-electron chi connectivity index (χ3n) is 5.62. The Labute approximate surface area is 212 Å². The van der Waals surface area contributed by atoms with Gasteiger partial charge in [-0.05, 0) is 42.5 Å². The number of para-hydroxylation sites is 1. The minimum absolute atomic E-state index is 0.0485. The summed E-state index contributed by atoms with van der Waals surface area (Å²) in [5.74, 6) is 0.535. The maximum absolute atomic E-state index is 15.1. The number of carbonyl (C=O) groups is 1. The highest BCUT2D eigenvalue weighted by Gasteiger charge is 2.18. The van der Waals surface area contributed by atoms with Crippen LogP contribution in [0, 0.1) is 5.82 Å². The fourth-order valence-corrected chi connectivity index (χ4v) is 3.80. The van der Waals surface area contributed by atoms with Crippen molar-refractivity contribution in [3.05, 3.63) is 96.3 Å². The highest BCUT2D eigenvalue weighted by Crippen LogP contribution is 2.33. The molecule has 0 radical (unpaired) electrons. The third kappa shape index (κ3) is 5.51. The van der Waals surface area contributed by atoms with Gasteiger partial charge in [0.15, 0.2) is 17.4 Å². The summed E-state index contributed by atoms with van der Waals surface area (Å²) < 4.78 is 26.2. The normalized spacial score (nSPS) is 13.0. The zero-order valence-electron chi connectivity index (χ0n) is 20.0. The molecule has 9 heteroatoms. The van der Waals surface area contributed by atoms with Crippen molar-refractivity contribution in [2.75, 3.05) is 24.3 Å². The summed E-state index contributed by atoms with van der Waals surface area (Å²) in [6.07, 6.45) is 3.94. The number of pyridine rings is 1. The van der Waals surface area contributed by atoms with Crippen LogP contribution in [-0.4, -0.2) is 30.8 Å². The van der Waals surface area contributed by atoms with Gasteiger partial charge in [-0.25, -0.2) is 9.38 Å². The first-order valence-corrected chi connectivity index (χ1v) is 11.6. The fourth-order valence-electron chi connectivity index (χ4n) is 3.80. The van der Waals surface area contributed by atoms with E-state index in [1.807, 2.05) is 24.3 Å². The molecule has 1 aliphatic rings. The molecule has 0 aliphatic carbocycles. The second-order valence-electron chi connectivity index (χ2n) is 8.14. The number of aliphatic imine (C=N–C) groups is 1. The highest BCUT2D eigenvalue weighted by atomic mass is 19.1. The van der Waals surface area contributed by atoms with Gasteiger partial charge in [0.1, 0.15) is 17.2 Å². The van der Waals surface area contributed by atoms with Crippen LogP contribution in [0.4, 0.5) is 15.8 Å². The minimum atomic E-state index is -0.579. The SMILES string of the molecule is COc1ccc2c(Oc3ccc(NC4=C(C(=O)Nc5ccccc5)NCCC=N4)cc3F)ccnc2c1. The van der Waals surface area contributed by atoms with Crippen LogP contribution in [0.15, 0.2) is 95.5 Å². The number of hydrogen-bond acceptors (Lipinski definition) is 7. The molecule has 5 rings (SSSR count). The van der Waals surface area contributed by atoms with Crippen molar-refractivity contribution < 1.29 is 18.7 Å². The van der Waals surface area contributed by atoms with E-state index in [1.54, 1.807) is 55.9 Å². The molecule has 0 bridgehead atoms. The summed E-state index contributed by atoms with van der Waals surface area (Å²) in [5, 5.41) is 9.72. The molecule has 0 spiro atoms. The molecule has 186 valence electrons. The summed E-state index contributed by atoms with van der Waals surface area (Å²) >= 11 is 0. The molecule has 0 saturated carbocycles. The van der Waals surface area contributed by atoms with Gasteiger partial charge >= 0.3 is 0 Å². The van der Waals surface area contributed by atoms with Crippen LogP contribution in [-0.2, 0) is 4.79 Å². The van der Waals surface area contributed by atoms with E-state index in [1.165, 1.54) is 12.1 Å². The Morgan fingerprint density at radius 1 is 1.00 bits per heavy atom. The predicted octanol–water partition coefficient (Wildman–Crippen LogP) is 5.46. The first-order chi connectivity index (χ1) is 18.1. The molecular formula is C28H24FN5O3. The molecule has 0 unspecified atom stereocenters. The lowest BCUT2D eigenvalue weighted by Crippen LogP contribution is -2.28. The van der Waals surface area contributed by atoms with Crippen molar-refractivity contribution in [3.8, 4) is 17.2 Å². The first kappa shape index (κ1) is 23.8. The Hall–Kier alpha value is -4.92. The summed E-state index contributed by atoms with van der Waals surface area (Å²) in [5.41, 5.74) is 2.00. The number of halogens is 1. The van der Waals surface area contributed by atoms with Gasteiger partial charge in [0, 0.05) is 54.3 Å². The van der Waals surface area contributed by atoms with E-state index in [0.29, 0.717) is 41.4 Å². The van der Waals surface area contributed by atoms with Gasteiger partial charge in [-0.15, -0.1) is 0 Å². The topological polar surface area (TPSA) is 96.9 Å². The quantitative estimate of drug-likeness (QED) is 0.314. The van der Waals surface area contributed by atoms with Crippen molar-refractivity contribution in [1.29, 1.82) is 0 Å². The smallest absolute Gasteiger partial charge is 0.275 e. The highest BCUT2D eigenvalue weighted by molar-refractivity contribution is 6.04. The predicted molar refractivity (Wildman–Crippen MR) is 142 cm³/mol. The van der Waals surface area contributed by atoms with E-state index in [4.69, 9.17) is 9.47 Å². The minimum Gasteiger partial charge on any atom is -0.497 e. The zero-order valence-corrected chi connectivity index (χ0v) is 20.0. The molecular weight excluding hydrogens is 473 g/mol. The van der Waals surface area contributed by atoms with Crippen LogP contribution in [0.25, 0.3) is 10.9 Å². The molecule has 4 aromatic rings. The maximum Gasteiger partial charge on any atom is 0.275 e. The summed E-state index contributed by atoms with van der Waals surface area (Å²) in [6.45, 7) is 0.541.